The molecule has 5 nitrogen and oxygen atoms in total. The third-order valence-electron chi connectivity index (χ3n) is 3.51. The largest absolute Gasteiger partial charge is 0.328 e. The molecule has 1 aromatic heterocycles. The smallest absolute Gasteiger partial charge is 0.122 e. The first kappa shape index (κ1) is 11.5. The molecule has 0 radical (unpaired) electrons. The average molecular weight is 224 g/mol. The predicted molar refractivity (Wildman–Crippen MR) is 60.7 cm³/mol. The lowest BCUT2D eigenvalue weighted by Gasteiger charge is -2.32. The fourth-order valence-electron chi connectivity index (χ4n) is 2.30. The van der Waals surface area contributed by atoms with Crippen molar-refractivity contribution in [3.8, 4) is 0 Å². The highest BCUT2D eigenvalue weighted by molar-refractivity contribution is 5.04. The Morgan fingerprint density at radius 1 is 1.31 bits per heavy atom. The standard InChI is InChI=1S/C11H20N4O/c1-8-11(14-16-13-8)7-15(2)10-5-3-9(12)4-6-10/h9-10H,3-7,12H2,1-2H3. The molecule has 0 unspecified atom stereocenters. The van der Waals surface area contributed by atoms with E-state index in [0.29, 0.717) is 12.1 Å². The van der Waals surface area contributed by atoms with Crippen LogP contribution in [0.5, 0.6) is 0 Å². The molecule has 0 aliphatic heterocycles. The lowest BCUT2D eigenvalue weighted by molar-refractivity contribution is 0.171. The lowest BCUT2D eigenvalue weighted by atomic mass is 9.91. The zero-order valence-electron chi connectivity index (χ0n) is 10.0. The van der Waals surface area contributed by atoms with Crippen LogP contribution in [-0.4, -0.2) is 34.3 Å². The summed E-state index contributed by atoms with van der Waals surface area (Å²) in [7, 11) is 2.13. The molecule has 1 aliphatic rings. The number of nitrogens with two attached hydrogens (primary N) is 1. The second-order valence-corrected chi connectivity index (χ2v) is 4.78. The van der Waals surface area contributed by atoms with Gasteiger partial charge in [0.05, 0.1) is 0 Å². The van der Waals surface area contributed by atoms with Gasteiger partial charge >= 0.3 is 0 Å². The molecule has 2 N–H and O–H groups in total. The first-order valence-corrected chi connectivity index (χ1v) is 5.90. The zero-order valence-corrected chi connectivity index (χ0v) is 10.0. The van der Waals surface area contributed by atoms with Gasteiger partial charge in [-0.15, -0.1) is 0 Å². The van der Waals surface area contributed by atoms with E-state index in [2.05, 4.69) is 22.3 Å². The summed E-state index contributed by atoms with van der Waals surface area (Å²) in [5, 5.41) is 7.71. The van der Waals surface area contributed by atoms with Gasteiger partial charge in [-0.05, 0) is 39.7 Å². The van der Waals surface area contributed by atoms with Crippen LogP contribution in [0.3, 0.4) is 0 Å². The summed E-state index contributed by atoms with van der Waals surface area (Å²) >= 11 is 0. The van der Waals surface area contributed by atoms with Crippen molar-refractivity contribution in [2.75, 3.05) is 7.05 Å². The third-order valence-corrected chi connectivity index (χ3v) is 3.51. The van der Waals surface area contributed by atoms with Crippen LogP contribution < -0.4 is 5.73 Å². The van der Waals surface area contributed by atoms with Gasteiger partial charge in [0.2, 0.25) is 0 Å². The molecule has 1 aromatic rings. The second-order valence-electron chi connectivity index (χ2n) is 4.78. The van der Waals surface area contributed by atoms with Crippen molar-refractivity contribution < 1.29 is 4.63 Å². The van der Waals surface area contributed by atoms with Crippen molar-refractivity contribution in [3.05, 3.63) is 11.4 Å². The van der Waals surface area contributed by atoms with Gasteiger partial charge in [-0.1, -0.05) is 10.3 Å². The van der Waals surface area contributed by atoms with Gasteiger partial charge in [-0.3, -0.25) is 4.90 Å². The van der Waals surface area contributed by atoms with E-state index in [1.54, 1.807) is 0 Å². The van der Waals surface area contributed by atoms with Crippen LogP contribution in [0.1, 0.15) is 37.1 Å². The Labute approximate surface area is 95.9 Å². The van der Waals surface area contributed by atoms with Crippen molar-refractivity contribution in [2.45, 2.75) is 51.2 Å². The summed E-state index contributed by atoms with van der Waals surface area (Å²) in [5.41, 5.74) is 7.73. The summed E-state index contributed by atoms with van der Waals surface area (Å²) in [6, 6.07) is 1.02. The highest BCUT2D eigenvalue weighted by atomic mass is 16.6. The minimum absolute atomic E-state index is 0.403. The molecule has 1 aliphatic carbocycles. The first-order valence-electron chi connectivity index (χ1n) is 5.90. The van der Waals surface area contributed by atoms with Crippen LogP contribution in [0.25, 0.3) is 0 Å². The van der Waals surface area contributed by atoms with Gasteiger partial charge in [0.15, 0.2) is 0 Å². The SMILES string of the molecule is Cc1nonc1CN(C)C1CCC(N)CC1. The Balaban J connectivity index is 1.88. The van der Waals surface area contributed by atoms with E-state index in [-0.39, 0.29) is 0 Å². The maximum atomic E-state index is 5.90. The summed E-state index contributed by atoms with van der Waals surface area (Å²) in [4.78, 5) is 2.33. The second kappa shape index (κ2) is 4.93. The van der Waals surface area contributed by atoms with Crippen LogP contribution in [-0.2, 0) is 6.54 Å². The third kappa shape index (κ3) is 2.59. The Kier molecular flexibility index (Phi) is 3.56. The van der Waals surface area contributed by atoms with Crippen LogP contribution in [0.4, 0.5) is 0 Å². The highest BCUT2D eigenvalue weighted by Gasteiger charge is 2.23. The average Bonchev–Trinajstić information content (AvgIpc) is 2.65. The molecule has 1 fully saturated rings. The normalized spacial score (nSPS) is 26.2. The molecule has 0 atom stereocenters. The molecule has 16 heavy (non-hydrogen) atoms. The molecule has 0 amide bonds. The Bertz CT molecular complexity index is 330. The summed E-state index contributed by atoms with van der Waals surface area (Å²) in [5.74, 6) is 0. The van der Waals surface area contributed by atoms with Gasteiger partial charge in [0.1, 0.15) is 11.4 Å². The van der Waals surface area contributed by atoms with Crippen molar-refractivity contribution in [1.29, 1.82) is 0 Å². The monoisotopic (exact) mass is 224 g/mol. The van der Waals surface area contributed by atoms with Crippen molar-refractivity contribution in [3.63, 3.8) is 0 Å². The Hall–Kier alpha value is -0.940. The van der Waals surface area contributed by atoms with Gasteiger partial charge in [0.25, 0.3) is 0 Å². The van der Waals surface area contributed by atoms with Crippen molar-refractivity contribution in [2.24, 2.45) is 5.73 Å². The molecule has 0 saturated heterocycles. The molecule has 2 rings (SSSR count). The molecular weight excluding hydrogens is 204 g/mol. The molecule has 1 saturated carbocycles. The number of rotatable bonds is 3. The van der Waals surface area contributed by atoms with E-state index in [9.17, 15) is 0 Å². The minimum atomic E-state index is 0.403. The number of hydrogen-bond acceptors (Lipinski definition) is 5. The first-order chi connectivity index (χ1) is 7.66. The van der Waals surface area contributed by atoms with Gasteiger partial charge < -0.3 is 5.73 Å². The molecule has 0 spiro atoms. The molecule has 0 bridgehead atoms. The van der Waals surface area contributed by atoms with Crippen LogP contribution in [0, 0.1) is 6.92 Å². The van der Waals surface area contributed by atoms with E-state index in [1.807, 2.05) is 6.92 Å². The molecule has 5 heteroatoms. The number of nitrogens with zero attached hydrogens (tertiary/aromatic N) is 3. The van der Waals surface area contributed by atoms with E-state index < -0.39 is 0 Å². The molecule has 0 aromatic carbocycles. The summed E-state index contributed by atoms with van der Waals surface area (Å²) in [6.07, 6.45) is 4.63. The van der Waals surface area contributed by atoms with Crippen LogP contribution >= 0.6 is 0 Å². The molecular formula is C11H20N4O. The topological polar surface area (TPSA) is 68.2 Å². The van der Waals surface area contributed by atoms with E-state index in [4.69, 9.17) is 10.4 Å². The van der Waals surface area contributed by atoms with Crippen LogP contribution in [0.2, 0.25) is 0 Å². The number of aryl methyl sites for hydroxylation is 1. The molecule has 1 heterocycles. The highest BCUT2D eigenvalue weighted by Crippen LogP contribution is 2.22. The van der Waals surface area contributed by atoms with Gasteiger partial charge in [-0.25, -0.2) is 4.63 Å². The Morgan fingerprint density at radius 2 is 2.00 bits per heavy atom. The van der Waals surface area contributed by atoms with E-state index >= 15 is 0 Å². The predicted octanol–water partition coefficient (Wildman–Crippen LogP) is 1.08. The lowest BCUT2D eigenvalue weighted by Crippen LogP contribution is -2.38. The van der Waals surface area contributed by atoms with Crippen molar-refractivity contribution >= 4 is 0 Å². The van der Waals surface area contributed by atoms with Crippen molar-refractivity contribution in [1.82, 2.24) is 15.2 Å². The minimum Gasteiger partial charge on any atom is -0.328 e. The summed E-state index contributed by atoms with van der Waals surface area (Å²) < 4.78 is 4.70. The number of aromatic nitrogens is 2. The maximum absolute atomic E-state index is 5.90. The van der Waals surface area contributed by atoms with Gasteiger partial charge in [0, 0.05) is 18.6 Å². The number of hydrogen-bond donors (Lipinski definition) is 1. The summed E-state index contributed by atoms with van der Waals surface area (Å²) in [6.45, 7) is 2.74. The van der Waals surface area contributed by atoms with Gasteiger partial charge in [-0.2, -0.15) is 0 Å². The fraction of sp³-hybridized carbons (Fsp3) is 0.818. The maximum Gasteiger partial charge on any atom is 0.122 e. The van der Waals surface area contributed by atoms with E-state index in [1.165, 1.54) is 12.8 Å². The fourth-order valence-corrected chi connectivity index (χ4v) is 2.30. The molecule has 90 valence electrons. The van der Waals surface area contributed by atoms with Crippen LogP contribution in [0.15, 0.2) is 4.63 Å². The van der Waals surface area contributed by atoms with E-state index in [0.717, 1.165) is 30.8 Å². The Morgan fingerprint density at radius 3 is 2.56 bits per heavy atom. The zero-order chi connectivity index (χ0) is 11.5. The quantitative estimate of drug-likeness (QED) is 0.832.